The molecule has 0 amide bonds. The maximum absolute atomic E-state index is 11.6. The lowest BCUT2D eigenvalue weighted by molar-refractivity contribution is -0.152. The molecule has 1 aliphatic rings. The first-order chi connectivity index (χ1) is 8.17. The van der Waals surface area contributed by atoms with Crippen LogP contribution in [0.15, 0.2) is 18.2 Å². The third kappa shape index (κ3) is 1.95. The number of benzene rings is 1. The average Bonchev–Trinajstić information content (AvgIpc) is 2.67. The van der Waals surface area contributed by atoms with E-state index in [2.05, 4.69) is 4.74 Å². The summed E-state index contributed by atoms with van der Waals surface area (Å²) >= 11 is 0. The minimum atomic E-state index is -0.645. The van der Waals surface area contributed by atoms with Crippen molar-refractivity contribution in [3.8, 4) is 11.5 Å². The molecule has 1 heterocycles. The van der Waals surface area contributed by atoms with E-state index in [0.717, 1.165) is 0 Å². The monoisotopic (exact) mass is 236 g/mol. The number of ether oxygens (including phenoxy) is 3. The van der Waals surface area contributed by atoms with Crippen LogP contribution < -0.4 is 9.47 Å². The summed E-state index contributed by atoms with van der Waals surface area (Å²) in [5.41, 5.74) is 0.563. The maximum Gasteiger partial charge on any atom is 0.321 e. The largest absolute Gasteiger partial charge is 0.496 e. The second-order valence-corrected chi connectivity index (χ2v) is 3.63. The quantitative estimate of drug-likeness (QED) is 0.584. The predicted molar refractivity (Wildman–Crippen MR) is 58.0 cm³/mol. The number of methoxy groups -OCH3 is 2. The van der Waals surface area contributed by atoms with Crippen molar-refractivity contribution in [2.45, 2.75) is 12.3 Å². The van der Waals surface area contributed by atoms with Crippen molar-refractivity contribution >= 4 is 11.9 Å². The third-order valence-corrected chi connectivity index (χ3v) is 2.68. The van der Waals surface area contributed by atoms with Crippen molar-refractivity contribution in [2.75, 3.05) is 14.2 Å². The van der Waals surface area contributed by atoms with Crippen LogP contribution in [0.25, 0.3) is 0 Å². The lowest BCUT2D eigenvalue weighted by Crippen LogP contribution is -2.09. The van der Waals surface area contributed by atoms with Gasteiger partial charge in [-0.3, -0.25) is 9.59 Å². The summed E-state index contributed by atoms with van der Waals surface area (Å²) in [5, 5.41) is 0. The van der Waals surface area contributed by atoms with Crippen molar-refractivity contribution < 1.29 is 23.8 Å². The van der Waals surface area contributed by atoms with Crippen LogP contribution in [0.5, 0.6) is 11.5 Å². The molecule has 0 radical (unpaired) electrons. The molecular formula is C12H12O5. The second kappa shape index (κ2) is 4.45. The van der Waals surface area contributed by atoms with Crippen LogP contribution in [0.4, 0.5) is 0 Å². The second-order valence-electron chi connectivity index (χ2n) is 3.63. The Labute approximate surface area is 98.3 Å². The van der Waals surface area contributed by atoms with E-state index in [9.17, 15) is 9.59 Å². The molecule has 1 unspecified atom stereocenters. The molecule has 90 valence electrons. The average molecular weight is 236 g/mol. The summed E-state index contributed by atoms with van der Waals surface area (Å²) < 4.78 is 14.9. The Hall–Kier alpha value is -2.04. The van der Waals surface area contributed by atoms with E-state index < -0.39 is 17.9 Å². The van der Waals surface area contributed by atoms with Gasteiger partial charge in [-0.15, -0.1) is 0 Å². The van der Waals surface area contributed by atoms with Crippen molar-refractivity contribution in [1.82, 2.24) is 0 Å². The zero-order valence-corrected chi connectivity index (χ0v) is 9.56. The molecule has 1 aromatic carbocycles. The summed E-state index contributed by atoms with van der Waals surface area (Å²) in [6.45, 7) is 0. The van der Waals surface area contributed by atoms with Gasteiger partial charge in [0.1, 0.15) is 17.4 Å². The van der Waals surface area contributed by atoms with E-state index >= 15 is 0 Å². The summed E-state index contributed by atoms with van der Waals surface area (Å²) in [6, 6.07) is 5.19. The minimum absolute atomic E-state index is 0.0234. The highest BCUT2D eigenvalue weighted by atomic mass is 16.6. The molecular weight excluding hydrogens is 224 g/mol. The zero-order valence-electron chi connectivity index (χ0n) is 9.56. The first-order valence-corrected chi connectivity index (χ1v) is 5.12. The number of esters is 2. The molecule has 1 saturated heterocycles. The molecule has 1 atom stereocenters. The lowest BCUT2D eigenvalue weighted by atomic mass is 9.95. The van der Waals surface area contributed by atoms with Gasteiger partial charge in [-0.25, -0.2) is 0 Å². The topological polar surface area (TPSA) is 61.8 Å². The summed E-state index contributed by atoms with van der Waals surface area (Å²) in [5.74, 6) is -0.693. The number of hydrogen-bond donors (Lipinski definition) is 0. The molecule has 0 N–H and O–H groups in total. The predicted octanol–water partition coefficient (Wildman–Crippen LogP) is 1.26. The molecule has 0 aromatic heterocycles. The molecule has 0 aliphatic carbocycles. The van der Waals surface area contributed by atoms with Gasteiger partial charge in [0.05, 0.1) is 26.2 Å². The van der Waals surface area contributed by atoms with Crippen LogP contribution in [-0.2, 0) is 14.3 Å². The third-order valence-electron chi connectivity index (χ3n) is 2.68. The summed E-state index contributed by atoms with van der Waals surface area (Å²) in [6.07, 6.45) is 0.0234. The van der Waals surface area contributed by atoms with Crippen LogP contribution in [0.3, 0.4) is 0 Å². The lowest BCUT2D eigenvalue weighted by Gasteiger charge is -2.15. The fourth-order valence-corrected chi connectivity index (χ4v) is 1.92. The van der Waals surface area contributed by atoms with Crippen LogP contribution in [0, 0.1) is 0 Å². The molecule has 5 heteroatoms. The molecule has 2 rings (SSSR count). The van der Waals surface area contributed by atoms with Gasteiger partial charge in [0, 0.05) is 0 Å². The number of cyclic esters (lactones) is 2. The highest BCUT2D eigenvalue weighted by Crippen LogP contribution is 2.39. The molecule has 1 aromatic rings. The van der Waals surface area contributed by atoms with Gasteiger partial charge >= 0.3 is 11.9 Å². The fraction of sp³-hybridized carbons (Fsp3) is 0.333. The maximum atomic E-state index is 11.6. The number of carbonyl (C=O) groups excluding carboxylic acids is 2. The van der Waals surface area contributed by atoms with E-state index in [1.54, 1.807) is 18.2 Å². The highest BCUT2D eigenvalue weighted by molar-refractivity contribution is 5.98. The van der Waals surface area contributed by atoms with E-state index in [0.29, 0.717) is 17.1 Å². The van der Waals surface area contributed by atoms with E-state index in [-0.39, 0.29) is 6.42 Å². The minimum Gasteiger partial charge on any atom is -0.496 e. The van der Waals surface area contributed by atoms with Gasteiger partial charge in [-0.05, 0) is 12.1 Å². The number of carbonyl (C=O) groups is 2. The number of rotatable bonds is 3. The van der Waals surface area contributed by atoms with Crippen LogP contribution in [0.2, 0.25) is 0 Å². The Morgan fingerprint density at radius 1 is 1.18 bits per heavy atom. The first-order valence-electron chi connectivity index (χ1n) is 5.12. The van der Waals surface area contributed by atoms with Gasteiger partial charge in [-0.1, -0.05) is 6.07 Å². The van der Waals surface area contributed by atoms with Gasteiger partial charge < -0.3 is 14.2 Å². The van der Waals surface area contributed by atoms with Crippen LogP contribution >= 0.6 is 0 Å². The molecule has 0 spiro atoms. The van der Waals surface area contributed by atoms with Gasteiger partial charge in [0.25, 0.3) is 0 Å². The smallest absolute Gasteiger partial charge is 0.321 e. The van der Waals surface area contributed by atoms with Gasteiger partial charge in [-0.2, -0.15) is 0 Å². The molecule has 5 nitrogen and oxygen atoms in total. The first kappa shape index (κ1) is 11.4. The molecule has 1 aliphatic heterocycles. The normalized spacial score (nSPS) is 19.1. The Morgan fingerprint density at radius 2 is 1.76 bits per heavy atom. The van der Waals surface area contributed by atoms with E-state index in [1.807, 2.05) is 0 Å². The highest BCUT2D eigenvalue weighted by Gasteiger charge is 2.38. The van der Waals surface area contributed by atoms with Crippen molar-refractivity contribution in [1.29, 1.82) is 0 Å². The van der Waals surface area contributed by atoms with Crippen molar-refractivity contribution in [3.05, 3.63) is 23.8 Å². The van der Waals surface area contributed by atoms with Crippen molar-refractivity contribution in [2.24, 2.45) is 0 Å². The Morgan fingerprint density at radius 3 is 2.18 bits per heavy atom. The standard InChI is InChI=1S/C12H12O5/c1-15-8-4-3-5-9(16-2)11(8)7-6-10(13)17-12(7)14/h3-5,7H,6H2,1-2H3. The molecule has 17 heavy (non-hydrogen) atoms. The number of hydrogen-bond acceptors (Lipinski definition) is 5. The Balaban J connectivity index is 2.49. The van der Waals surface area contributed by atoms with Crippen LogP contribution in [-0.4, -0.2) is 26.2 Å². The van der Waals surface area contributed by atoms with Gasteiger partial charge in [0.15, 0.2) is 0 Å². The van der Waals surface area contributed by atoms with Crippen molar-refractivity contribution in [3.63, 3.8) is 0 Å². The Kier molecular flexibility index (Phi) is 2.99. The Bertz CT molecular complexity index is 444. The molecule has 0 bridgehead atoms. The van der Waals surface area contributed by atoms with Gasteiger partial charge in [0.2, 0.25) is 0 Å². The molecule has 0 saturated carbocycles. The molecule has 1 fully saturated rings. The van der Waals surface area contributed by atoms with E-state index in [1.165, 1.54) is 14.2 Å². The fourth-order valence-electron chi connectivity index (χ4n) is 1.92. The summed E-state index contributed by atoms with van der Waals surface area (Å²) in [7, 11) is 3.00. The van der Waals surface area contributed by atoms with E-state index in [4.69, 9.17) is 9.47 Å². The summed E-state index contributed by atoms with van der Waals surface area (Å²) in [4.78, 5) is 22.7. The van der Waals surface area contributed by atoms with Crippen LogP contribution in [0.1, 0.15) is 17.9 Å². The zero-order chi connectivity index (χ0) is 12.4. The SMILES string of the molecule is COc1cccc(OC)c1C1CC(=O)OC1=O.